The molecule has 0 aliphatic heterocycles. The minimum Gasteiger partial charge on any atom is -0.493 e. The Labute approximate surface area is 199 Å². The van der Waals surface area contributed by atoms with Crippen LogP contribution in [0.2, 0.25) is 0 Å². The smallest absolute Gasteiger partial charge is 0.272 e. The number of aliphatic hydroxyl groups excluding tert-OH is 1. The van der Waals surface area contributed by atoms with E-state index in [0.29, 0.717) is 17.1 Å². The first kappa shape index (κ1) is 26.6. The van der Waals surface area contributed by atoms with Gasteiger partial charge in [-0.25, -0.2) is 0 Å². The van der Waals surface area contributed by atoms with Gasteiger partial charge in [0.25, 0.3) is 5.91 Å². The van der Waals surface area contributed by atoms with Gasteiger partial charge in [-0.3, -0.25) is 19.7 Å². The Morgan fingerprint density at radius 2 is 1.50 bits per heavy atom. The molecular weight excluding hydrogens is 440 g/mol. The molecule has 184 valence electrons. The highest BCUT2D eigenvalue weighted by Crippen LogP contribution is 2.25. The number of hydrogen-bond acceptors (Lipinski definition) is 7. The third kappa shape index (κ3) is 7.46. The molecule has 2 aromatic rings. The van der Waals surface area contributed by atoms with Crippen LogP contribution in [0.25, 0.3) is 0 Å². The Balaban J connectivity index is 2.02. The van der Waals surface area contributed by atoms with Gasteiger partial charge in [-0.1, -0.05) is 42.5 Å². The van der Waals surface area contributed by atoms with Crippen molar-refractivity contribution in [2.24, 2.45) is 0 Å². The molecule has 0 aliphatic rings. The number of rotatable bonds is 12. The van der Waals surface area contributed by atoms with Gasteiger partial charge in [0.2, 0.25) is 17.5 Å². The van der Waals surface area contributed by atoms with Crippen LogP contribution >= 0.6 is 0 Å². The van der Waals surface area contributed by atoms with Crippen molar-refractivity contribution >= 4 is 17.7 Å². The third-order valence-corrected chi connectivity index (χ3v) is 4.78. The zero-order valence-electron chi connectivity index (χ0n) is 19.8. The molecule has 0 spiro atoms. The van der Waals surface area contributed by atoms with Crippen molar-refractivity contribution in [3.05, 3.63) is 60.2 Å². The molecule has 2 unspecified atom stereocenters. The van der Waals surface area contributed by atoms with E-state index < -0.39 is 35.7 Å². The van der Waals surface area contributed by atoms with Crippen LogP contribution in [0.4, 0.5) is 0 Å². The summed E-state index contributed by atoms with van der Waals surface area (Å²) in [5, 5.41) is 21.1. The van der Waals surface area contributed by atoms with Gasteiger partial charge in [-0.15, -0.1) is 0 Å². The van der Waals surface area contributed by atoms with Crippen LogP contribution in [-0.2, 0) is 20.0 Å². The lowest BCUT2D eigenvalue weighted by Crippen LogP contribution is -2.67. The lowest BCUT2D eigenvalue weighted by atomic mass is 9.97. The van der Waals surface area contributed by atoms with Crippen LogP contribution in [-0.4, -0.2) is 55.4 Å². The molecule has 0 bridgehead atoms. The number of aliphatic hydroxyl groups is 1. The standard InChI is InChI=1S/C24H32N4O6/c1-16(25-14-20(31)15-34-22-13-9-8-12-21(22)33-4)26-23(32)24(27-17(2)29,28-18(3)30)19-10-6-5-7-11-19/h5-13,16,20,25,31H,14-15H2,1-4H3,(H,26,32)(H,27,29)(H,28,30). The number of para-hydroxylation sites is 2. The number of nitrogens with one attached hydrogen (secondary N) is 4. The van der Waals surface area contributed by atoms with Gasteiger partial charge in [0, 0.05) is 26.0 Å². The number of carbonyl (C=O) groups is 3. The van der Waals surface area contributed by atoms with Crippen molar-refractivity contribution in [3.8, 4) is 11.5 Å². The summed E-state index contributed by atoms with van der Waals surface area (Å²) in [7, 11) is 1.53. The van der Waals surface area contributed by atoms with E-state index >= 15 is 0 Å². The van der Waals surface area contributed by atoms with Crippen molar-refractivity contribution in [3.63, 3.8) is 0 Å². The van der Waals surface area contributed by atoms with E-state index in [1.807, 2.05) is 6.07 Å². The quantitative estimate of drug-likeness (QED) is 0.285. The largest absolute Gasteiger partial charge is 0.493 e. The maximum absolute atomic E-state index is 13.3. The Kier molecular flexibility index (Phi) is 9.84. The monoisotopic (exact) mass is 472 g/mol. The molecule has 0 saturated carbocycles. The molecular formula is C24H32N4O6. The third-order valence-electron chi connectivity index (χ3n) is 4.78. The van der Waals surface area contributed by atoms with Crippen molar-refractivity contribution in [2.45, 2.75) is 38.7 Å². The Morgan fingerprint density at radius 3 is 2.06 bits per heavy atom. The Hall–Kier alpha value is -3.63. The van der Waals surface area contributed by atoms with Gasteiger partial charge in [0.05, 0.1) is 13.3 Å². The van der Waals surface area contributed by atoms with Crippen molar-refractivity contribution in [1.82, 2.24) is 21.3 Å². The number of hydrogen-bond donors (Lipinski definition) is 5. The molecule has 10 nitrogen and oxygen atoms in total. The van der Waals surface area contributed by atoms with Crippen molar-refractivity contribution in [1.29, 1.82) is 0 Å². The summed E-state index contributed by atoms with van der Waals surface area (Å²) < 4.78 is 10.8. The number of ether oxygens (including phenoxy) is 2. The molecule has 2 aromatic carbocycles. The second-order valence-electron chi connectivity index (χ2n) is 7.70. The molecule has 0 radical (unpaired) electrons. The molecule has 34 heavy (non-hydrogen) atoms. The van der Waals surface area contributed by atoms with Gasteiger partial charge < -0.3 is 30.5 Å². The zero-order chi connectivity index (χ0) is 25.1. The molecule has 0 aromatic heterocycles. The fourth-order valence-electron chi connectivity index (χ4n) is 3.29. The number of benzene rings is 2. The summed E-state index contributed by atoms with van der Waals surface area (Å²) in [4.78, 5) is 37.2. The van der Waals surface area contributed by atoms with Crippen LogP contribution in [0, 0.1) is 0 Å². The summed E-state index contributed by atoms with van der Waals surface area (Å²) in [6.45, 7) is 4.29. The molecule has 2 rings (SSSR count). The average molecular weight is 473 g/mol. The minimum atomic E-state index is -1.81. The Bertz CT molecular complexity index is 953. The molecule has 2 atom stereocenters. The molecule has 0 saturated heterocycles. The van der Waals surface area contributed by atoms with Gasteiger partial charge in [-0.05, 0) is 19.1 Å². The minimum absolute atomic E-state index is 0.000221. The maximum atomic E-state index is 13.3. The first-order chi connectivity index (χ1) is 16.2. The first-order valence-electron chi connectivity index (χ1n) is 10.8. The summed E-state index contributed by atoms with van der Waals surface area (Å²) in [6, 6.07) is 15.5. The molecule has 0 heterocycles. The number of amides is 3. The van der Waals surface area contributed by atoms with E-state index in [0.717, 1.165) is 0 Å². The highest BCUT2D eigenvalue weighted by Gasteiger charge is 2.42. The summed E-state index contributed by atoms with van der Waals surface area (Å²) in [5.41, 5.74) is -1.42. The summed E-state index contributed by atoms with van der Waals surface area (Å²) >= 11 is 0. The maximum Gasteiger partial charge on any atom is 0.272 e. The predicted octanol–water partition coefficient (Wildman–Crippen LogP) is 0.612. The van der Waals surface area contributed by atoms with Gasteiger partial charge in [0.1, 0.15) is 12.7 Å². The molecule has 10 heteroatoms. The zero-order valence-corrected chi connectivity index (χ0v) is 19.8. The first-order valence-corrected chi connectivity index (χ1v) is 10.8. The van der Waals surface area contributed by atoms with Gasteiger partial charge >= 0.3 is 0 Å². The van der Waals surface area contributed by atoms with Crippen molar-refractivity contribution in [2.75, 3.05) is 20.3 Å². The topological polar surface area (TPSA) is 138 Å². The van der Waals surface area contributed by atoms with E-state index in [4.69, 9.17) is 9.47 Å². The van der Waals surface area contributed by atoms with Crippen molar-refractivity contribution < 1.29 is 29.0 Å². The highest BCUT2D eigenvalue weighted by molar-refractivity contribution is 5.95. The molecule has 3 amide bonds. The number of carbonyl (C=O) groups excluding carboxylic acids is 3. The van der Waals surface area contributed by atoms with Gasteiger partial charge in [0.15, 0.2) is 11.5 Å². The average Bonchev–Trinajstić information content (AvgIpc) is 2.81. The van der Waals surface area contributed by atoms with E-state index in [1.54, 1.807) is 55.5 Å². The fraction of sp³-hybridized carbons (Fsp3) is 0.375. The van der Waals surface area contributed by atoms with Crippen LogP contribution in [0.3, 0.4) is 0 Å². The van der Waals surface area contributed by atoms with Crippen LogP contribution in [0.5, 0.6) is 11.5 Å². The molecule has 0 fully saturated rings. The summed E-state index contributed by atoms with van der Waals surface area (Å²) in [5.74, 6) is -0.599. The number of methoxy groups -OCH3 is 1. The van der Waals surface area contributed by atoms with E-state index in [1.165, 1.54) is 21.0 Å². The van der Waals surface area contributed by atoms with E-state index in [2.05, 4.69) is 21.3 Å². The van der Waals surface area contributed by atoms with Gasteiger partial charge in [-0.2, -0.15) is 0 Å². The van der Waals surface area contributed by atoms with E-state index in [9.17, 15) is 19.5 Å². The summed E-state index contributed by atoms with van der Waals surface area (Å²) in [6.07, 6.45) is -1.49. The lowest BCUT2D eigenvalue weighted by molar-refractivity contribution is -0.139. The predicted molar refractivity (Wildman–Crippen MR) is 126 cm³/mol. The lowest BCUT2D eigenvalue weighted by Gasteiger charge is -2.35. The molecule has 0 aliphatic carbocycles. The fourth-order valence-corrected chi connectivity index (χ4v) is 3.29. The van der Waals surface area contributed by atoms with Crippen LogP contribution in [0.15, 0.2) is 54.6 Å². The van der Waals surface area contributed by atoms with E-state index in [-0.39, 0.29) is 13.2 Å². The normalized spacial score (nSPS) is 12.7. The van der Waals surface area contributed by atoms with Crippen LogP contribution < -0.4 is 30.7 Å². The highest BCUT2D eigenvalue weighted by atomic mass is 16.5. The second kappa shape index (κ2) is 12.6. The van der Waals surface area contributed by atoms with Crippen LogP contribution in [0.1, 0.15) is 26.3 Å². The Morgan fingerprint density at radius 1 is 0.941 bits per heavy atom. The SMILES string of the molecule is COc1ccccc1OCC(O)CNC(C)NC(=O)C(NC(C)=O)(NC(C)=O)c1ccccc1. The second-order valence-corrected chi connectivity index (χ2v) is 7.70. The molecule has 5 N–H and O–H groups in total.